The summed E-state index contributed by atoms with van der Waals surface area (Å²) in [5, 5.41) is 0.762. The summed E-state index contributed by atoms with van der Waals surface area (Å²) in [6.07, 6.45) is 4.54. The normalized spacial score (nSPS) is 20.5. The molecule has 1 aliphatic heterocycles. The molecule has 0 aromatic heterocycles. The Kier molecular flexibility index (Phi) is 6.16. The zero-order chi connectivity index (χ0) is 17.7. The fourth-order valence-corrected chi connectivity index (χ4v) is 3.91. The molecule has 0 bridgehead atoms. The predicted molar refractivity (Wildman–Crippen MR) is 105 cm³/mol. The van der Waals surface area contributed by atoms with Crippen LogP contribution >= 0.6 is 11.6 Å². The lowest BCUT2D eigenvalue weighted by Gasteiger charge is -2.32. The molecule has 2 unspecified atom stereocenters. The molecule has 0 spiro atoms. The Hall–Kier alpha value is -1.35. The van der Waals surface area contributed by atoms with Gasteiger partial charge >= 0.3 is 0 Å². The second kappa shape index (κ2) is 8.35. The number of ether oxygens (including phenoxy) is 1. The number of hydrogen-bond acceptors (Lipinski definition) is 2. The van der Waals surface area contributed by atoms with E-state index in [4.69, 9.17) is 16.3 Å². The average Bonchev–Trinajstić information content (AvgIpc) is 3.01. The summed E-state index contributed by atoms with van der Waals surface area (Å²) in [7, 11) is 2.22. The van der Waals surface area contributed by atoms with Gasteiger partial charge in [0.2, 0.25) is 0 Å². The molecule has 1 heterocycles. The van der Waals surface area contributed by atoms with E-state index in [1.54, 1.807) is 0 Å². The molecule has 25 heavy (non-hydrogen) atoms. The van der Waals surface area contributed by atoms with Crippen LogP contribution in [0.3, 0.4) is 0 Å². The van der Waals surface area contributed by atoms with Crippen LogP contribution in [0.1, 0.15) is 37.3 Å². The van der Waals surface area contributed by atoms with Crippen LogP contribution in [0.25, 0.3) is 0 Å². The minimum atomic E-state index is -0.344. The van der Waals surface area contributed by atoms with Crippen molar-refractivity contribution >= 4 is 11.6 Å². The van der Waals surface area contributed by atoms with Crippen molar-refractivity contribution in [2.45, 2.75) is 44.2 Å². The van der Waals surface area contributed by atoms with Crippen molar-refractivity contribution in [1.82, 2.24) is 4.90 Å². The first-order valence-corrected chi connectivity index (χ1v) is 9.59. The quantitative estimate of drug-likeness (QED) is 0.666. The van der Waals surface area contributed by atoms with Crippen LogP contribution in [0.4, 0.5) is 0 Å². The van der Waals surface area contributed by atoms with Crippen LogP contribution in [0.2, 0.25) is 5.02 Å². The van der Waals surface area contributed by atoms with E-state index < -0.39 is 0 Å². The minimum Gasteiger partial charge on any atom is -0.370 e. The van der Waals surface area contributed by atoms with Gasteiger partial charge < -0.3 is 9.64 Å². The van der Waals surface area contributed by atoms with Crippen LogP contribution < -0.4 is 0 Å². The second-order valence-electron chi connectivity index (χ2n) is 7.31. The van der Waals surface area contributed by atoms with Gasteiger partial charge in [-0.2, -0.15) is 0 Å². The van der Waals surface area contributed by atoms with Gasteiger partial charge in [-0.05, 0) is 63.0 Å². The molecule has 2 aromatic rings. The van der Waals surface area contributed by atoms with E-state index in [2.05, 4.69) is 61.3 Å². The molecule has 134 valence electrons. The highest BCUT2D eigenvalue weighted by atomic mass is 35.5. The molecule has 3 rings (SSSR count). The van der Waals surface area contributed by atoms with Gasteiger partial charge in [0.1, 0.15) is 0 Å². The maximum Gasteiger partial charge on any atom is 0.0943 e. The molecule has 3 heteroatoms. The van der Waals surface area contributed by atoms with Gasteiger partial charge in [0, 0.05) is 24.1 Å². The summed E-state index contributed by atoms with van der Waals surface area (Å²) in [4.78, 5) is 2.46. The van der Waals surface area contributed by atoms with Gasteiger partial charge in [-0.3, -0.25) is 0 Å². The Balaban J connectivity index is 1.72. The predicted octanol–water partition coefficient (Wildman–Crippen LogP) is 5.30. The number of nitrogens with zero attached hydrogens (tertiary/aromatic N) is 1. The van der Waals surface area contributed by atoms with E-state index in [0.717, 1.165) is 24.5 Å². The van der Waals surface area contributed by atoms with Crippen LogP contribution in [-0.2, 0) is 16.8 Å². The van der Waals surface area contributed by atoms with Gasteiger partial charge in [0.05, 0.1) is 5.60 Å². The summed E-state index contributed by atoms with van der Waals surface area (Å²) in [5.41, 5.74) is 2.13. The lowest BCUT2D eigenvalue weighted by atomic mass is 9.88. The fraction of sp³-hybridized carbons (Fsp3) is 0.455. The van der Waals surface area contributed by atoms with Crippen LogP contribution in [0.15, 0.2) is 54.6 Å². The smallest absolute Gasteiger partial charge is 0.0943 e. The molecule has 1 fully saturated rings. The highest BCUT2D eigenvalue weighted by Crippen LogP contribution is 2.31. The standard InChI is InChI=1S/C22H28ClNO/c1-22(17-18-7-4-3-5-8-18,19-10-12-20(23)13-11-19)25-16-14-21-9-6-15-24(21)2/h3-5,7-8,10-13,21H,6,9,14-17H2,1-2H3. The highest BCUT2D eigenvalue weighted by molar-refractivity contribution is 6.30. The van der Waals surface area contributed by atoms with Gasteiger partial charge in [-0.1, -0.05) is 54.1 Å². The van der Waals surface area contributed by atoms with E-state index in [0.29, 0.717) is 6.04 Å². The second-order valence-corrected chi connectivity index (χ2v) is 7.75. The van der Waals surface area contributed by atoms with E-state index in [1.807, 2.05) is 12.1 Å². The van der Waals surface area contributed by atoms with E-state index >= 15 is 0 Å². The molecule has 1 saturated heterocycles. The van der Waals surface area contributed by atoms with Crippen molar-refractivity contribution < 1.29 is 4.74 Å². The summed E-state index contributed by atoms with van der Waals surface area (Å²) in [6, 6.07) is 19.3. The first-order chi connectivity index (χ1) is 12.1. The van der Waals surface area contributed by atoms with Crippen molar-refractivity contribution in [3.8, 4) is 0 Å². The Labute approximate surface area is 156 Å². The van der Waals surface area contributed by atoms with Crippen molar-refractivity contribution in [2.24, 2.45) is 0 Å². The van der Waals surface area contributed by atoms with Crippen molar-refractivity contribution in [2.75, 3.05) is 20.2 Å². The number of hydrogen-bond donors (Lipinski definition) is 0. The topological polar surface area (TPSA) is 12.5 Å². The zero-order valence-electron chi connectivity index (χ0n) is 15.2. The van der Waals surface area contributed by atoms with E-state index in [1.165, 1.54) is 30.5 Å². The maximum atomic E-state index is 6.50. The number of benzene rings is 2. The molecule has 0 N–H and O–H groups in total. The highest BCUT2D eigenvalue weighted by Gasteiger charge is 2.29. The summed E-state index contributed by atoms with van der Waals surface area (Å²) < 4.78 is 6.50. The third-order valence-electron chi connectivity index (χ3n) is 5.38. The molecular formula is C22H28ClNO. The lowest BCUT2D eigenvalue weighted by Crippen LogP contribution is -2.32. The van der Waals surface area contributed by atoms with Crippen molar-refractivity contribution in [3.63, 3.8) is 0 Å². The molecule has 2 atom stereocenters. The SMILES string of the molecule is CN1CCCC1CCOC(C)(Cc1ccccc1)c1ccc(Cl)cc1. The lowest BCUT2D eigenvalue weighted by molar-refractivity contribution is -0.0422. The number of likely N-dealkylation sites (tertiary alicyclic amines) is 1. The van der Waals surface area contributed by atoms with Gasteiger partial charge in [-0.15, -0.1) is 0 Å². The third kappa shape index (κ3) is 4.84. The Bertz CT molecular complexity index is 657. The van der Waals surface area contributed by atoms with Crippen molar-refractivity contribution in [1.29, 1.82) is 0 Å². The molecule has 2 nitrogen and oxygen atoms in total. The Morgan fingerprint density at radius 2 is 1.84 bits per heavy atom. The molecule has 1 aliphatic rings. The summed E-state index contributed by atoms with van der Waals surface area (Å²) in [5.74, 6) is 0. The summed E-state index contributed by atoms with van der Waals surface area (Å²) >= 11 is 6.08. The molecule has 0 radical (unpaired) electrons. The van der Waals surface area contributed by atoms with Crippen LogP contribution in [-0.4, -0.2) is 31.1 Å². The zero-order valence-corrected chi connectivity index (χ0v) is 16.0. The number of rotatable bonds is 7. The van der Waals surface area contributed by atoms with Crippen molar-refractivity contribution in [3.05, 3.63) is 70.7 Å². The van der Waals surface area contributed by atoms with Gasteiger partial charge in [-0.25, -0.2) is 0 Å². The largest absolute Gasteiger partial charge is 0.370 e. The first kappa shape index (κ1) is 18.4. The summed E-state index contributed by atoms with van der Waals surface area (Å²) in [6.45, 7) is 4.19. The van der Waals surface area contributed by atoms with Crippen LogP contribution in [0.5, 0.6) is 0 Å². The van der Waals surface area contributed by atoms with E-state index in [-0.39, 0.29) is 5.60 Å². The molecule has 0 amide bonds. The van der Waals surface area contributed by atoms with Gasteiger partial charge in [0.15, 0.2) is 0 Å². The molecular weight excluding hydrogens is 330 g/mol. The molecule has 2 aromatic carbocycles. The van der Waals surface area contributed by atoms with E-state index in [9.17, 15) is 0 Å². The average molecular weight is 358 g/mol. The Morgan fingerprint density at radius 1 is 1.12 bits per heavy atom. The molecule has 0 aliphatic carbocycles. The Morgan fingerprint density at radius 3 is 2.48 bits per heavy atom. The number of halogens is 1. The fourth-order valence-electron chi connectivity index (χ4n) is 3.79. The maximum absolute atomic E-state index is 6.50. The molecule has 0 saturated carbocycles. The monoisotopic (exact) mass is 357 g/mol. The van der Waals surface area contributed by atoms with Crippen LogP contribution in [0, 0.1) is 0 Å². The van der Waals surface area contributed by atoms with Gasteiger partial charge in [0.25, 0.3) is 0 Å². The minimum absolute atomic E-state index is 0.344. The first-order valence-electron chi connectivity index (χ1n) is 9.21. The third-order valence-corrected chi connectivity index (χ3v) is 5.63.